The minimum absolute atomic E-state index is 0.116. The molecule has 0 atom stereocenters. The van der Waals surface area contributed by atoms with Gasteiger partial charge in [-0.05, 0) is 24.3 Å². The Morgan fingerprint density at radius 3 is 2.28 bits per heavy atom. The number of benzene rings is 2. The molecule has 0 amide bonds. The lowest BCUT2D eigenvalue weighted by Gasteiger charge is -2.09. The lowest BCUT2D eigenvalue weighted by atomic mass is 10.1. The number of halogens is 4. The topological polar surface area (TPSA) is 81.5 Å². The molecule has 25 heavy (non-hydrogen) atoms. The molecule has 0 aliphatic rings. The Morgan fingerprint density at radius 1 is 1.16 bits per heavy atom. The van der Waals surface area contributed by atoms with Crippen molar-refractivity contribution in [1.82, 2.24) is 0 Å². The van der Waals surface area contributed by atoms with E-state index >= 15 is 0 Å². The number of allylic oxidation sites excluding steroid dienone is 2. The summed E-state index contributed by atoms with van der Waals surface area (Å²) in [5.74, 6) is 0. The molecule has 5 nitrogen and oxygen atoms in total. The maximum atomic E-state index is 12.8. The normalized spacial score (nSPS) is 13.0. The van der Waals surface area contributed by atoms with Gasteiger partial charge in [-0.2, -0.15) is 13.2 Å². The molecule has 0 unspecified atom stereocenters. The molecule has 2 aromatic rings. The summed E-state index contributed by atoms with van der Waals surface area (Å²) >= 11 is 6.03. The molecule has 0 bridgehead atoms. The molecule has 0 aliphatic carbocycles. The van der Waals surface area contributed by atoms with Gasteiger partial charge in [-0.15, -0.1) is 0 Å². The van der Waals surface area contributed by atoms with Crippen molar-refractivity contribution in [3.63, 3.8) is 0 Å². The van der Waals surface area contributed by atoms with Crippen molar-refractivity contribution in [2.75, 3.05) is 0 Å². The third-order valence-corrected chi connectivity index (χ3v) is 3.41. The third-order valence-electron chi connectivity index (χ3n) is 3.08. The lowest BCUT2D eigenvalue weighted by molar-refractivity contribution is -0.384. The Labute approximate surface area is 145 Å². The standard InChI is InChI=1S/C16H11ClF3N3O2/c17-13-4-2-1-3-12(13)14(9-15(21)16(18,19)20)22-10-5-7-11(8-6-10)23(24)25/h1-9H,21H2. The van der Waals surface area contributed by atoms with E-state index in [-0.39, 0.29) is 27.7 Å². The quantitative estimate of drug-likeness (QED) is 0.478. The molecule has 0 heterocycles. The number of nitrogens with two attached hydrogens (primary N) is 1. The van der Waals surface area contributed by atoms with E-state index in [4.69, 9.17) is 17.3 Å². The zero-order valence-electron chi connectivity index (χ0n) is 12.5. The van der Waals surface area contributed by atoms with Gasteiger partial charge >= 0.3 is 6.18 Å². The van der Waals surface area contributed by atoms with Crippen LogP contribution in [0.2, 0.25) is 5.02 Å². The average Bonchev–Trinajstić information content (AvgIpc) is 2.54. The summed E-state index contributed by atoms with van der Waals surface area (Å²) in [5, 5.41) is 10.8. The van der Waals surface area contributed by atoms with Crippen molar-refractivity contribution in [3.05, 3.63) is 81.0 Å². The number of nitrogens with zero attached hydrogens (tertiary/aromatic N) is 2. The minimum atomic E-state index is -4.72. The number of aliphatic imine (C=N–C) groups is 1. The van der Waals surface area contributed by atoms with Gasteiger partial charge in [0.25, 0.3) is 5.69 Å². The highest BCUT2D eigenvalue weighted by Crippen LogP contribution is 2.26. The number of alkyl halides is 3. The van der Waals surface area contributed by atoms with Crippen LogP contribution in [0.5, 0.6) is 0 Å². The molecule has 130 valence electrons. The zero-order chi connectivity index (χ0) is 18.6. The average molecular weight is 370 g/mol. The van der Waals surface area contributed by atoms with Crippen LogP contribution in [-0.4, -0.2) is 16.8 Å². The van der Waals surface area contributed by atoms with Gasteiger partial charge in [-0.3, -0.25) is 10.1 Å². The molecule has 2 rings (SSSR count). The molecule has 2 aromatic carbocycles. The van der Waals surface area contributed by atoms with E-state index in [2.05, 4.69) is 4.99 Å². The van der Waals surface area contributed by atoms with Crippen molar-refractivity contribution in [2.24, 2.45) is 10.7 Å². The lowest BCUT2D eigenvalue weighted by Crippen LogP contribution is -2.21. The summed E-state index contributed by atoms with van der Waals surface area (Å²) in [6.07, 6.45) is -4.06. The van der Waals surface area contributed by atoms with Crippen LogP contribution in [0.15, 0.2) is 65.3 Å². The first kappa shape index (κ1) is 18.5. The Kier molecular flexibility index (Phi) is 5.43. The van der Waals surface area contributed by atoms with E-state index in [0.717, 1.165) is 0 Å². The molecule has 0 saturated heterocycles. The molecule has 0 aliphatic heterocycles. The van der Waals surface area contributed by atoms with Crippen LogP contribution < -0.4 is 5.73 Å². The zero-order valence-corrected chi connectivity index (χ0v) is 13.3. The third kappa shape index (κ3) is 4.80. The van der Waals surface area contributed by atoms with Gasteiger partial charge in [-0.1, -0.05) is 29.8 Å². The van der Waals surface area contributed by atoms with E-state index in [0.29, 0.717) is 6.08 Å². The van der Waals surface area contributed by atoms with Crippen LogP contribution >= 0.6 is 11.6 Å². The van der Waals surface area contributed by atoms with Crippen molar-refractivity contribution < 1.29 is 18.1 Å². The fourth-order valence-electron chi connectivity index (χ4n) is 1.86. The van der Waals surface area contributed by atoms with Crippen LogP contribution in [0, 0.1) is 10.1 Å². The minimum Gasteiger partial charge on any atom is -0.395 e. The van der Waals surface area contributed by atoms with Crippen LogP contribution in [0.4, 0.5) is 24.5 Å². The van der Waals surface area contributed by atoms with Gasteiger partial charge in [0.15, 0.2) is 0 Å². The summed E-state index contributed by atoms with van der Waals surface area (Å²) < 4.78 is 38.3. The summed E-state index contributed by atoms with van der Waals surface area (Å²) in [7, 11) is 0. The van der Waals surface area contributed by atoms with Crippen molar-refractivity contribution in [3.8, 4) is 0 Å². The molecule has 0 saturated carbocycles. The molecule has 9 heteroatoms. The molecular weight excluding hydrogens is 359 g/mol. The first-order valence-corrected chi connectivity index (χ1v) is 7.18. The Balaban J connectivity index is 2.55. The number of hydrogen-bond donors (Lipinski definition) is 1. The maximum absolute atomic E-state index is 12.8. The molecular formula is C16H11ClF3N3O2. The maximum Gasteiger partial charge on any atom is 0.430 e. The molecule has 0 fully saturated rings. The number of nitro groups is 1. The van der Waals surface area contributed by atoms with E-state index in [1.54, 1.807) is 12.1 Å². The molecule has 0 radical (unpaired) electrons. The summed E-state index contributed by atoms with van der Waals surface area (Å²) in [6.45, 7) is 0. The molecule has 2 N–H and O–H groups in total. The smallest absolute Gasteiger partial charge is 0.395 e. The summed E-state index contributed by atoms with van der Waals surface area (Å²) in [6, 6.07) is 11.2. The van der Waals surface area contributed by atoms with Crippen LogP contribution in [-0.2, 0) is 0 Å². The Bertz CT molecular complexity index is 846. The van der Waals surface area contributed by atoms with E-state index in [1.165, 1.54) is 36.4 Å². The fourth-order valence-corrected chi connectivity index (χ4v) is 2.09. The SMILES string of the molecule is NC(=CC(=Nc1ccc([N+](=O)[O-])cc1)c1ccccc1Cl)C(F)(F)F. The number of nitro benzene ring substituents is 1. The Morgan fingerprint density at radius 2 is 1.76 bits per heavy atom. The van der Waals surface area contributed by atoms with Crippen LogP contribution in [0.1, 0.15) is 5.56 Å². The van der Waals surface area contributed by atoms with Gasteiger partial charge in [0.1, 0.15) is 5.70 Å². The predicted octanol–water partition coefficient (Wildman–Crippen LogP) is 4.77. The second-order valence-electron chi connectivity index (χ2n) is 4.85. The van der Waals surface area contributed by atoms with Gasteiger partial charge in [-0.25, -0.2) is 4.99 Å². The first-order chi connectivity index (χ1) is 11.7. The predicted molar refractivity (Wildman–Crippen MR) is 89.1 cm³/mol. The van der Waals surface area contributed by atoms with Crippen LogP contribution in [0.3, 0.4) is 0 Å². The summed E-state index contributed by atoms with van der Waals surface area (Å²) in [4.78, 5) is 14.2. The van der Waals surface area contributed by atoms with Crippen molar-refractivity contribution in [1.29, 1.82) is 0 Å². The number of rotatable bonds is 4. The highest BCUT2D eigenvalue weighted by molar-refractivity contribution is 6.35. The molecule has 0 aromatic heterocycles. The second kappa shape index (κ2) is 7.35. The monoisotopic (exact) mass is 369 g/mol. The van der Waals surface area contributed by atoms with Gasteiger partial charge in [0.2, 0.25) is 0 Å². The fraction of sp³-hybridized carbons (Fsp3) is 0.0625. The van der Waals surface area contributed by atoms with Crippen molar-refractivity contribution >= 4 is 28.7 Å². The van der Waals surface area contributed by atoms with Gasteiger partial charge in [0, 0.05) is 22.7 Å². The second-order valence-corrected chi connectivity index (χ2v) is 5.26. The number of hydrogen-bond acceptors (Lipinski definition) is 4. The largest absolute Gasteiger partial charge is 0.430 e. The van der Waals surface area contributed by atoms with Crippen LogP contribution in [0.25, 0.3) is 0 Å². The highest BCUT2D eigenvalue weighted by Gasteiger charge is 2.31. The van der Waals surface area contributed by atoms with Gasteiger partial charge < -0.3 is 5.73 Å². The number of non-ortho nitro benzene ring substituents is 1. The van der Waals surface area contributed by atoms with E-state index in [1.807, 2.05) is 0 Å². The van der Waals surface area contributed by atoms with E-state index < -0.39 is 16.8 Å². The van der Waals surface area contributed by atoms with E-state index in [9.17, 15) is 23.3 Å². The highest BCUT2D eigenvalue weighted by atomic mass is 35.5. The Hall–Kier alpha value is -2.87. The summed E-state index contributed by atoms with van der Waals surface area (Å²) in [5.41, 5.74) is 3.92. The first-order valence-electron chi connectivity index (χ1n) is 6.81. The van der Waals surface area contributed by atoms with Gasteiger partial charge in [0.05, 0.1) is 16.3 Å². The molecule has 0 spiro atoms. The van der Waals surface area contributed by atoms with Crippen molar-refractivity contribution in [2.45, 2.75) is 6.18 Å².